The number of carboxylic acid groups (broad SMARTS) is 1. The van der Waals surface area contributed by atoms with Gasteiger partial charge in [0.15, 0.2) is 0 Å². The SMILES string of the molecule is O=C(O)CC1(O)C=CCCC1. The summed E-state index contributed by atoms with van der Waals surface area (Å²) in [6, 6.07) is 0. The third kappa shape index (κ3) is 2.35. The Morgan fingerprint density at radius 1 is 1.64 bits per heavy atom. The molecule has 0 heterocycles. The molecule has 0 aromatic heterocycles. The first kappa shape index (κ1) is 8.27. The molecule has 11 heavy (non-hydrogen) atoms. The van der Waals surface area contributed by atoms with Crippen LogP contribution in [0.5, 0.6) is 0 Å². The maximum Gasteiger partial charge on any atom is 0.306 e. The number of carboxylic acids is 1. The number of rotatable bonds is 2. The van der Waals surface area contributed by atoms with Gasteiger partial charge in [-0.05, 0) is 19.3 Å². The van der Waals surface area contributed by atoms with E-state index in [1.165, 1.54) is 0 Å². The number of aliphatic carboxylic acids is 1. The molecule has 1 aliphatic rings. The van der Waals surface area contributed by atoms with Gasteiger partial charge in [0.1, 0.15) is 0 Å². The van der Waals surface area contributed by atoms with Crippen LogP contribution in [0.4, 0.5) is 0 Å². The fraction of sp³-hybridized carbons (Fsp3) is 0.625. The molecule has 0 saturated heterocycles. The molecule has 1 aliphatic carbocycles. The average molecular weight is 156 g/mol. The molecule has 0 fully saturated rings. The second-order valence-corrected chi connectivity index (χ2v) is 2.97. The molecule has 1 atom stereocenters. The Hall–Kier alpha value is -0.830. The zero-order valence-corrected chi connectivity index (χ0v) is 6.29. The highest BCUT2D eigenvalue weighted by Crippen LogP contribution is 2.24. The van der Waals surface area contributed by atoms with Gasteiger partial charge in [-0.2, -0.15) is 0 Å². The van der Waals surface area contributed by atoms with E-state index in [0.29, 0.717) is 6.42 Å². The standard InChI is InChI=1S/C8H12O3/c9-7(10)6-8(11)4-2-1-3-5-8/h2,4,11H,1,3,5-6H2,(H,9,10). The van der Waals surface area contributed by atoms with Gasteiger partial charge in [0.2, 0.25) is 0 Å². The zero-order chi connectivity index (χ0) is 8.32. The van der Waals surface area contributed by atoms with Crippen LogP contribution in [0.15, 0.2) is 12.2 Å². The second kappa shape index (κ2) is 3.05. The Morgan fingerprint density at radius 2 is 2.36 bits per heavy atom. The molecular weight excluding hydrogens is 144 g/mol. The van der Waals surface area contributed by atoms with Crippen LogP contribution in [0.3, 0.4) is 0 Å². The first-order valence-electron chi connectivity index (χ1n) is 3.74. The third-order valence-corrected chi connectivity index (χ3v) is 1.87. The fourth-order valence-corrected chi connectivity index (χ4v) is 1.32. The number of aliphatic hydroxyl groups is 1. The van der Waals surface area contributed by atoms with E-state index in [0.717, 1.165) is 12.8 Å². The predicted octanol–water partition coefficient (Wildman–Crippen LogP) is 0.932. The van der Waals surface area contributed by atoms with Gasteiger partial charge in [0.25, 0.3) is 0 Å². The van der Waals surface area contributed by atoms with Crippen LogP contribution in [0.2, 0.25) is 0 Å². The van der Waals surface area contributed by atoms with Crippen LogP contribution < -0.4 is 0 Å². The van der Waals surface area contributed by atoms with Gasteiger partial charge in [-0.25, -0.2) is 0 Å². The second-order valence-electron chi connectivity index (χ2n) is 2.97. The first-order chi connectivity index (χ1) is 5.12. The predicted molar refractivity (Wildman–Crippen MR) is 40.2 cm³/mol. The van der Waals surface area contributed by atoms with Crippen molar-refractivity contribution >= 4 is 5.97 Å². The van der Waals surface area contributed by atoms with Crippen molar-refractivity contribution in [3.8, 4) is 0 Å². The molecule has 0 saturated carbocycles. The zero-order valence-electron chi connectivity index (χ0n) is 6.29. The summed E-state index contributed by atoms with van der Waals surface area (Å²) < 4.78 is 0. The Kier molecular flexibility index (Phi) is 2.29. The van der Waals surface area contributed by atoms with Crippen molar-refractivity contribution in [3.63, 3.8) is 0 Å². The average Bonchev–Trinajstić information content (AvgIpc) is 1.85. The summed E-state index contributed by atoms with van der Waals surface area (Å²) in [5.74, 6) is -0.945. The van der Waals surface area contributed by atoms with E-state index < -0.39 is 11.6 Å². The molecule has 0 aliphatic heterocycles. The molecule has 0 bridgehead atoms. The van der Waals surface area contributed by atoms with E-state index in [9.17, 15) is 9.90 Å². The summed E-state index contributed by atoms with van der Waals surface area (Å²) in [5, 5.41) is 18.0. The molecule has 3 heteroatoms. The number of allylic oxidation sites excluding steroid dienone is 1. The fourth-order valence-electron chi connectivity index (χ4n) is 1.32. The van der Waals surface area contributed by atoms with Crippen LogP contribution >= 0.6 is 0 Å². The molecule has 62 valence electrons. The molecule has 0 spiro atoms. The highest BCUT2D eigenvalue weighted by Gasteiger charge is 2.27. The molecular formula is C8H12O3. The highest BCUT2D eigenvalue weighted by molar-refractivity contribution is 5.68. The van der Waals surface area contributed by atoms with Gasteiger partial charge in [-0.1, -0.05) is 12.2 Å². The molecule has 0 radical (unpaired) electrons. The lowest BCUT2D eigenvalue weighted by molar-refractivity contribution is -0.141. The van der Waals surface area contributed by atoms with Crippen LogP contribution in [0, 0.1) is 0 Å². The molecule has 3 nitrogen and oxygen atoms in total. The van der Waals surface area contributed by atoms with E-state index in [4.69, 9.17) is 5.11 Å². The minimum absolute atomic E-state index is 0.177. The lowest BCUT2D eigenvalue weighted by atomic mass is 9.88. The van der Waals surface area contributed by atoms with Crippen molar-refractivity contribution in [2.45, 2.75) is 31.3 Å². The van der Waals surface area contributed by atoms with Crippen LogP contribution in [-0.2, 0) is 4.79 Å². The maximum atomic E-state index is 10.3. The van der Waals surface area contributed by atoms with E-state index in [-0.39, 0.29) is 6.42 Å². The quantitative estimate of drug-likeness (QED) is 0.585. The Balaban J connectivity index is 2.57. The van der Waals surface area contributed by atoms with Crippen molar-refractivity contribution in [1.82, 2.24) is 0 Å². The van der Waals surface area contributed by atoms with Crippen LogP contribution in [0.1, 0.15) is 25.7 Å². The normalized spacial score (nSPS) is 30.3. The summed E-state index contributed by atoms with van der Waals surface area (Å²) in [4.78, 5) is 10.3. The van der Waals surface area contributed by atoms with E-state index in [1.54, 1.807) is 6.08 Å². The summed E-state index contributed by atoms with van der Waals surface area (Å²) in [6.07, 6.45) is 5.65. The molecule has 1 unspecified atom stereocenters. The minimum atomic E-state index is -1.08. The smallest absolute Gasteiger partial charge is 0.306 e. The van der Waals surface area contributed by atoms with Crippen LogP contribution in [-0.4, -0.2) is 21.8 Å². The van der Waals surface area contributed by atoms with Crippen LogP contribution in [0.25, 0.3) is 0 Å². The van der Waals surface area contributed by atoms with Crippen molar-refractivity contribution < 1.29 is 15.0 Å². The van der Waals surface area contributed by atoms with Crippen molar-refractivity contribution in [2.75, 3.05) is 0 Å². The molecule has 1 rings (SSSR count). The van der Waals surface area contributed by atoms with Gasteiger partial charge in [0, 0.05) is 0 Å². The molecule has 0 aromatic carbocycles. The first-order valence-corrected chi connectivity index (χ1v) is 3.74. The van der Waals surface area contributed by atoms with Gasteiger partial charge in [-0.3, -0.25) is 4.79 Å². The Labute approximate surface area is 65.3 Å². The Bertz CT molecular complexity index is 186. The maximum absolute atomic E-state index is 10.3. The topological polar surface area (TPSA) is 57.5 Å². The van der Waals surface area contributed by atoms with Gasteiger partial charge in [0.05, 0.1) is 12.0 Å². The Morgan fingerprint density at radius 3 is 2.82 bits per heavy atom. The van der Waals surface area contributed by atoms with E-state index >= 15 is 0 Å². The minimum Gasteiger partial charge on any atom is -0.481 e. The third-order valence-electron chi connectivity index (χ3n) is 1.87. The number of hydrogen-bond donors (Lipinski definition) is 2. The number of carbonyl (C=O) groups is 1. The highest BCUT2D eigenvalue weighted by atomic mass is 16.4. The van der Waals surface area contributed by atoms with Crippen molar-refractivity contribution in [3.05, 3.63) is 12.2 Å². The van der Waals surface area contributed by atoms with E-state index in [2.05, 4.69) is 0 Å². The summed E-state index contributed by atoms with van der Waals surface area (Å²) >= 11 is 0. The molecule has 0 aromatic rings. The lowest BCUT2D eigenvalue weighted by Gasteiger charge is -2.25. The summed E-state index contributed by atoms with van der Waals surface area (Å²) in [5.41, 5.74) is -1.08. The lowest BCUT2D eigenvalue weighted by Crippen LogP contribution is -2.30. The molecule has 2 N–H and O–H groups in total. The van der Waals surface area contributed by atoms with Crippen molar-refractivity contribution in [2.24, 2.45) is 0 Å². The molecule has 0 amide bonds. The monoisotopic (exact) mass is 156 g/mol. The largest absolute Gasteiger partial charge is 0.481 e. The summed E-state index contributed by atoms with van der Waals surface area (Å²) in [7, 11) is 0. The number of hydrogen-bond acceptors (Lipinski definition) is 2. The van der Waals surface area contributed by atoms with Gasteiger partial charge < -0.3 is 10.2 Å². The van der Waals surface area contributed by atoms with Gasteiger partial charge >= 0.3 is 5.97 Å². The van der Waals surface area contributed by atoms with Crippen molar-refractivity contribution in [1.29, 1.82) is 0 Å². The summed E-state index contributed by atoms with van der Waals surface area (Å²) in [6.45, 7) is 0. The van der Waals surface area contributed by atoms with Gasteiger partial charge in [-0.15, -0.1) is 0 Å². The van der Waals surface area contributed by atoms with E-state index in [1.807, 2.05) is 6.08 Å².